The van der Waals surface area contributed by atoms with Crippen LogP contribution in [-0.4, -0.2) is 43.9 Å². The third kappa shape index (κ3) is 2.74. The van der Waals surface area contributed by atoms with Crippen molar-refractivity contribution in [2.75, 3.05) is 23.3 Å². The molecule has 3 aromatic rings. The minimum atomic E-state index is 0.00856. The molecule has 2 N–H and O–H groups in total. The first-order valence-corrected chi connectivity index (χ1v) is 8.28. The zero-order chi connectivity index (χ0) is 15.6. The van der Waals surface area contributed by atoms with Gasteiger partial charge >= 0.3 is 0 Å². The SMILES string of the molecule is O=C(Nc1nccs1)C1CCN(c2ncnc3nc[nH]c23)CC1. The van der Waals surface area contributed by atoms with Gasteiger partial charge in [0.05, 0.1) is 6.33 Å². The number of thiazole rings is 1. The predicted octanol–water partition coefficient (Wildman–Crippen LogP) is 1.66. The molecule has 23 heavy (non-hydrogen) atoms. The van der Waals surface area contributed by atoms with Crippen LogP contribution in [-0.2, 0) is 4.79 Å². The zero-order valence-corrected chi connectivity index (χ0v) is 13.1. The summed E-state index contributed by atoms with van der Waals surface area (Å²) < 4.78 is 0. The lowest BCUT2D eigenvalue weighted by molar-refractivity contribution is -0.120. The van der Waals surface area contributed by atoms with E-state index in [2.05, 4.69) is 35.1 Å². The maximum atomic E-state index is 12.3. The fraction of sp³-hybridized carbons (Fsp3) is 0.357. The van der Waals surface area contributed by atoms with Crippen LogP contribution in [0, 0.1) is 5.92 Å². The Morgan fingerprint density at radius 1 is 1.26 bits per heavy atom. The van der Waals surface area contributed by atoms with Gasteiger partial charge in [-0.2, -0.15) is 0 Å². The summed E-state index contributed by atoms with van der Waals surface area (Å²) >= 11 is 1.43. The molecular weight excluding hydrogens is 314 g/mol. The molecule has 1 saturated heterocycles. The fourth-order valence-electron chi connectivity index (χ4n) is 2.84. The van der Waals surface area contributed by atoms with Crippen LogP contribution in [0.2, 0.25) is 0 Å². The molecule has 118 valence electrons. The van der Waals surface area contributed by atoms with E-state index in [0.717, 1.165) is 37.3 Å². The number of hydrogen-bond donors (Lipinski definition) is 2. The summed E-state index contributed by atoms with van der Waals surface area (Å²) in [7, 11) is 0. The minimum Gasteiger partial charge on any atom is -0.355 e. The summed E-state index contributed by atoms with van der Waals surface area (Å²) in [5, 5.41) is 5.39. The number of nitrogens with one attached hydrogen (secondary N) is 2. The van der Waals surface area contributed by atoms with Gasteiger partial charge in [-0.25, -0.2) is 19.9 Å². The van der Waals surface area contributed by atoms with E-state index in [9.17, 15) is 4.79 Å². The number of fused-ring (bicyclic) bond motifs is 1. The molecule has 1 fully saturated rings. The smallest absolute Gasteiger partial charge is 0.229 e. The van der Waals surface area contributed by atoms with Gasteiger partial charge in [-0.15, -0.1) is 11.3 Å². The van der Waals surface area contributed by atoms with Crippen molar-refractivity contribution >= 4 is 39.4 Å². The van der Waals surface area contributed by atoms with Crippen LogP contribution in [0.25, 0.3) is 11.2 Å². The first kappa shape index (κ1) is 14.1. The zero-order valence-electron chi connectivity index (χ0n) is 12.3. The Labute approximate surface area is 136 Å². The lowest BCUT2D eigenvalue weighted by atomic mass is 9.96. The van der Waals surface area contributed by atoms with Crippen molar-refractivity contribution < 1.29 is 4.79 Å². The highest BCUT2D eigenvalue weighted by atomic mass is 32.1. The Kier molecular flexibility index (Phi) is 3.62. The number of aromatic nitrogens is 5. The van der Waals surface area contributed by atoms with Crippen molar-refractivity contribution in [2.24, 2.45) is 5.92 Å². The van der Waals surface area contributed by atoms with Crippen LogP contribution >= 0.6 is 11.3 Å². The van der Waals surface area contributed by atoms with Crippen LogP contribution in [0.15, 0.2) is 24.2 Å². The second-order valence-electron chi connectivity index (χ2n) is 5.39. The van der Waals surface area contributed by atoms with Crippen LogP contribution < -0.4 is 10.2 Å². The highest BCUT2D eigenvalue weighted by molar-refractivity contribution is 7.13. The number of amides is 1. The van der Waals surface area contributed by atoms with E-state index in [-0.39, 0.29) is 11.8 Å². The van der Waals surface area contributed by atoms with Gasteiger partial charge < -0.3 is 15.2 Å². The highest BCUT2D eigenvalue weighted by Crippen LogP contribution is 2.26. The molecule has 0 spiro atoms. The molecule has 8 nitrogen and oxygen atoms in total. The highest BCUT2D eigenvalue weighted by Gasteiger charge is 2.27. The van der Waals surface area contributed by atoms with Crippen molar-refractivity contribution in [3.63, 3.8) is 0 Å². The number of carbonyl (C=O) groups excluding carboxylic acids is 1. The average molecular weight is 329 g/mol. The molecular formula is C14H15N7OS. The Balaban J connectivity index is 1.43. The molecule has 9 heteroatoms. The minimum absolute atomic E-state index is 0.00856. The summed E-state index contributed by atoms with van der Waals surface area (Å²) in [6.45, 7) is 1.56. The van der Waals surface area contributed by atoms with E-state index < -0.39 is 0 Å². The normalized spacial score (nSPS) is 15.9. The quantitative estimate of drug-likeness (QED) is 0.758. The second-order valence-corrected chi connectivity index (χ2v) is 6.28. The van der Waals surface area contributed by atoms with E-state index >= 15 is 0 Å². The van der Waals surface area contributed by atoms with Gasteiger partial charge in [0.1, 0.15) is 11.8 Å². The monoisotopic (exact) mass is 329 g/mol. The van der Waals surface area contributed by atoms with Gasteiger partial charge in [0.2, 0.25) is 5.91 Å². The summed E-state index contributed by atoms with van der Waals surface area (Å²) in [5.41, 5.74) is 1.51. The van der Waals surface area contributed by atoms with E-state index in [1.807, 2.05) is 5.38 Å². The molecule has 0 bridgehead atoms. The number of anilines is 2. The average Bonchev–Trinajstić information content (AvgIpc) is 3.25. The summed E-state index contributed by atoms with van der Waals surface area (Å²) in [4.78, 5) is 34.3. The number of piperidine rings is 1. The van der Waals surface area contributed by atoms with Crippen molar-refractivity contribution in [1.29, 1.82) is 0 Å². The molecule has 3 aromatic heterocycles. The van der Waals surface area contributed by atoms with Gasteiger partial charge in [0.25, 0.3) is 0 Å². The largest absolute Gasteiger partial charge is 0.355 e. The van der Waals surface area contributed by atoms with Crippen LogP contribution in [0.4, 0.5) is 10.9 Å². The number of carbonyl (C=O) groups is 1. The van der Waals surface area contributed by atoms with E-state index in [4.69, 9.17) is 0 Å². The van der Waals surface area contributed by atoms with Crippen LogP contribution in [0.1, 0.15) is 12.8 Å². The molecule has 0 aliphatic carbocycles. The number of imidazole rings is 1. The maximum Gasteiger partial charge on any atom is 0.229 e. The number of nitrogens with zero attached hydrogens (tertiary/aromatic N) is 5. The van der Waals surface area contributed by atoms with Gasteiger partial charge in [-0.1, -0.05) is 0 Å². The fourth-order valence-corrected chi connectivity index (χ4v) is 3.37. The number of hydrogen-bond acceptors (Lipinski definition) is 7. The molecule has 1 aliphatic rings. The molecule has 1 amide bonds. The maximum absolute atomic E-state index is 12.3. The third-order valence-electron chi connectivity index (χ3n) is 4.03. The van der Waals surface area contributed by atoms with Crippen LogP contribution in [0.3, 0.4) is 0 Å². The Bertz CT molecular complexity index is 808. The van der Waals surface area contributed by atoms with Crippen molar-refractivity contribution in [1.82, 2.24) is 24.9 Å². The molecule has 1 aliphatic heterocycles. The Morgan fingerprint density at radius 2 is 2.13 bits per heavy atom. The summed E-state index contributed by atoms with van der Waals surface area (Å²) in [6, 6.07) is 0. The van der Waals surface area contributed by atoms with E-state index in [0.29, 0.717) is 10.8 Å². The summed E-state index contributed by atoms with van der Waals surface area (Å²) in [6.07, 6.45) is 6.41. The van der Waals surface area contributed by atoms with E-state index in [1.165, 1.54) is 17.7 Å². The molecule has 4 rings (SSSR count). The Hall–Kier alpha value is -2.55. The van der Waals surface area contributed by atoms with Crippen molar-refractivity contribution in [2.45, 2.75) is 12.8 Å². The lowest BCUT2D eigenvalue weighted by Crippen LogP contribution is -2.38. The number of aromatic amines is 1. The number of rotatable bonds is 3. The molecule has 0 radical (unpaired) electrons. The second kappa shape index (κ2) is 5.92. The molecule has 0 unspecified atom stereocenters. The van der Waals surface area contributed by atoms with Gasteiger partial charge in [-0.05, 0) is 12.8 Å². The molecule has 4 heterocycles. The number of H-pyrrole nitrogens is 1. The summed E-state index contributed by atoms with van der Waals surface area (Å²) in [5.74, 6) is 0.912. The van der Waals surface area contributed by atoms with Crippen LogP contribution in [0.5, 0.6) is 0 Å². The lowest BCUT2D eigenvalue weighted by Gasteiger charge is -2.31. The molecule has 0 saturated carbocycles. The first-order valence-electron chi connectivity index (χ1n) is 7.40. The molecule has 0 aromatic carbocycles. The van der Waals surface area contributed by atoms with E-state index in [1.54, 1.807) is 12.5 Å². The molecule has 0 atom stereocenters. The predicted molar refractivity (Wildman–Crippen MR) is 87.4 cm³/mol. The van der Waals surface area contributed by atoms with Gasteiger partial charge in [0, 0.05) is 30.6 Å². The Morgan fingerprint density at radius 3 is 2.91 bits per heavy atom. The topological polar surface area (TPSA) is 99.7 Å². The van der Waals surface area contributed by atoms with Crippen molar-refractivity contribution in [3.8, 4) is 0 Å². The van der Waals surface area contributed by atoms with Gasteiger partial charge in [-0.3, -0.25) is 4.79 Å². The van der Waals surface area contributed by atoms with Gasteiger partial charge in [0.15, 0.2) is 16.6 Å². The standard InChI is InChI=1S/C14H15N7OS/c22-13(20-14-15-3-6-23-14)9-1-4-21(5-2-9)12-10-11(17-7-16-10)18-8-19-12/h3,6-9H,1-2,4-5H2,(H,15,20,22)(H,16,17,18,19). The first-order chi connectivity index (χ1) is 11.3. The van der Waals surface area contributed by atoms with Crippen molar-refractivity contribution in [3.05, 3.63) is 24.2 Å². The third-order valence-corrected chi connectivity index (χ3v) is 4.72.